The molecule has 0 atom stereocenters. The van der Waals surface area contributed by atoms with E-state index in [0.717, 1.165) is 5.56 Å². The number of rotatable bonds is 6. The quantitative estimate of drug-likeness (QED) is 0.679. The summed E-state index contributed by atoms with van der Waals surface area (Å²) in [5.74, 6) is -0.189. The van der Waals surface area contributed by atoms with Crippen molar-refractivity contribution in [3.63, 3.8) is 0 Å². The monoisotopic (exact) mass is 393 g/mol. The average Bonchev–Trinajstić information content (AvgIpc) is 3.09. The molecule has 0 aliphatic heterocycles. The van der Waals surface area contributed by atoms with Crippen LogP contribution in [0.2, 0.25) is 10.0 Å². The molecule has 3 rings (SSSR count). The van der Waals surface area contributed by atoms with Crippen molar-refractivity contribution in [2.24, 2.45) is 0 Å². The molecule has 0 fully saturated rings. The Kier molecular flexibility index (Phi) is 5.75. The van der Waals surface area contributed by atoms with Gasteiger partial charge in [-0.3, -0.25) is 4.79 Å². The molecule has 1 aromatic heterocycles. The maximum atomic E-state index is 12.9. The predicted octanol–water partition coefficient (Wildman–Crippen LogP) is 4.30. The molecule has 0 aliphatic carbocycles. The lowest BCUT2D eigenvalue weighted by Gasteiger charge is -2.08. The number of aromatic nitrogens is 2. The van der Waals surface area contributed by atoms with Crippen molar-refractivity contribution >= 4 is 29.1 Å². The van der Waals surface area contributed by atoms with E-state index < -0.39 is 0 Å². The van der Waals surface area contributed by atoms with Gasteiger partial charge >= 0.3 is 0 Å². The minimum Gasteiger partial charge on any atom is -0.470 e. The summed E-state index contributed by atoms with van der Waals surface area (Å²) in [6.07, 6.45) is 1.62. The number of nitrogens with zero attached hydrogens (tertiary/aromatic N) is 2. The lowest BCUT2D eigenvalue weighted by molar-refractivity contribution is 0.0944. The van der Waals surface area contributed by atoms with Gasteiger partial charge in [-0.1, -0.05) is 35.3 Å². The van der Waals surface area contributed by atoms with Gasteiger partial charge in [-0.2, -0.15) is 5.10 Å². The van der Waals surface area contributed by atoms with Crippen LogP contribution >= 0.6 is 23.2 Å². The number of benzene rings is 2. The summed E-state index contributed by atoms with van der Waals surface area (Å²) in [5, 5.41) is 7.78. The van der Waals surface area contributed by atoms with Gasteiger partial charge in [0.2, 0.25) is 0 Å². The molecular weight excluding hydrogens is 380 g/mol. The number of nitrogens with one attached hydrogen (secondary N) is 1. The molecule has 1 heterocycles. The molecule has 2 aromatic carbocycles. The van der Waals surface area contributed by atoms with E-state index in [9.17, 15) is 9.18 Å². The van der Waals surface area contributed by atoms with Crippen molar-refractivity contribution in [3.05, 3.63) is 81.8 Å². The zero-order valence-electron chi connectivity index (χ0n) is 13.5. The first kappa shape index (κ1) is 18.2. The Morgan fingerprint density at radius 2 is 1.92 bits per heavy atom. The van der Waals surface area contributed by atoms with Gasteiger partial charge in [0.1, 0.15) is 17.3 Å². The molecule has 0 saturated carbocycles. The van der Waals surface area contributed by atoms with E-state index in [0.29, 0.717) is 15.8 Å². The van der Waals surface area contributed by atoms with Gasteiger partial charge < -0.3 is 10.1 Å². The zero-order chi connectivity index (χ0) is 18.5. The SMILES string of the molecule is O=C(NCc1ccc(F)cc1)c1ccn(COc2ccc(Cl)cc2Cl)n1. The van der Waals surface area contributed by atoms with E-state index in [-0.39, 0.29) is 30.7 Å². The second-order valence-corrected chi connectivity index (χ2v) is 6.24. The van der Waals surface area contributed by atoms with Crippen LogP contribution in [-0.4, -0.2) is 15.7 Å². The number of ether oxygens (including phenoxy) is 1. The molecule has 8 heteroatoms. The number of hydrogen-bond acceptors (Lipinski definition) is 3. The van der Waals surface area contributed by atoms with Crippen molar-refractivity contribution in [2.45, 2.75) is 13.3 Å². The summed E-state index contributed by atoms with van der Waals surface area (Å²) in [5.41, 5.74) is 1.04. The van der Waals surface area contributed by atoms with E-state index in [1.165, 1.54) is 16.8 Å². The van der Waals surface area contributed by atoms with Crippen LogP contribution in [0.5, 0.6) is 5.75 Å². The summed E-state index contributed by atoms with van der Waals surface area (Å²) < 4.78 is 19.9. The molecule has 0 saturated heterocycles. The summed E-state index contributed by atoms with van der Waals surface area (Å²) in [6.45, 7) is 0.370. The minimum atomic E-state index is -0.336. The lowest BCUT2D eigenvalue weighted by Crippen LogP contribution is -2.23. The molecule has 0 unspecified atom stereocenters. The number of amides is 1. The predicted molar refractivity (Wildman–Crippen MR) is 96.9 cm³/mol. The van der Waals surface area contributed by atoms with Crippen LogP contribution in [0.3, 0.4) is 0 Å². The molecule has 5 nitrogen and oxygen atoms in total. The molecule has 1 amide bonds. The normalized spacial score (nSPS) is 10.6. The molecule has 0 radical (unpaired) electrons. The van der Waals surface area contributed by atoms with Gasteiger partial charge in [-0.15, -0.1) is 0 Å². The Bertz CT molecular complexity index is 913. The first-order chi connectivity index (χ1) is 12.5. The second-order valence-electron chi connectivity index (χ2n) is 5.40. The first-order valence-corrected chi connectivity index (χ1v) is 8.41. The molecule has 134 valence electrons. The van der Waals surface area contributed by atoms with Crippen LogP contribution in [0.15, 0.2) is 54.7 Å². The minimum absolute atomic E-state index is 0.0899. The van der Waals surface area contributed by atoms with E-state index in [1.54, 1.807) is 42.6 Å². The molecule has 3 aromatic rings. The highest BCUT2D eigenvalue weighted by Crippen LogP contribution is 2.27. The van der Waals surface area contributed by atoms with Crippen LogP contribution < -0.4 is 10.1 Å². The Morgan fingerprint density at radius 3 is 2.65 bits per heavy atom. The lowest BCUT2D eigenvalue weighted by atomic mass is 10.2. The fraction of sp³-hybridized carbons (Fsp3) is 0.111. The summed E-state index contributed by atoms with van der Waals surface area (Å²) in [7, 11) is 0. The van der Waals surface area contributed by atoms with Crippen molar-refractivity contribution < 1.29 is 13.9 Å². The fourth-order valence-corrected chi connectivity index (χ4v) is 2.62. The zero-order valence-corrected chi connectivity index (χ0v) is 15.0. The maximum Gasteiger partial charge on any atom is 0.272 e. The molecule has 0 bridgehead atoms. The van der Waals surface area contributed by atoms with E-state index in [2.05, 4.69) is 10.4 Å². The van der Waals surface area contributed by atoms with Gasteiger partial charge in [-0.25, -0.2) is 9.07 Å². The van der Waals surface area contributed by atoms with Crippen LogP contribution in [0.4, 0.5) is 4.39 Å². The molecule has 0 aliphatic rings. The largest absolute Gasteiger partial charge is 0.470 e. The highest BCUT2D eigenvalue weighted by Gasteiger charge is 2.10. The van der Waals surface area contributed by atoms with Gasteiger partial charge in [0.05, 0.1) is 5.02 Å². The van der Waals surface area contributed by atoms with Crippen molar-refractivity contribution in [2.75, 3.05) is 0 Å². The number of hydrogen-bond donors (Lipinski definition) is 1. The van der Waals surface area contributed by atoms with Crippen molar-refractivity contribution in [1.29, 1.82) is 0 Å². The summed E-state index contributed by atoms with van der Waals surface area (Å²) >= 11 is 11.9. The van der Waals surface area contributed by atoms with Gasteiger partial charge in [0, 0.05) is 17.8 Å². The smallest absolute Gasteiger partial charge is 0.272 e. The molecule has 1 N–H and O–H groups in total. The number of carbonyl (C=O) groups is 1. The second kappa shape index (κ2) is 8.21. The van der Waals surface area contributed by atoms with E-state index in [4.69, 9.17) is 27.9 Å². The Hall–Kier alpha value is -2.57. The standard InChI is InChI=1S/C18H14Cl2FN3O2/c19-13-3-6-17(15(20)9-13)26-11-24-8-7-16(23-24)18(25)22-10-12-1-4-14(21)5-2-12/h1-9H,10-11H2,(H,22,25). The molecule has 0 spiro atoms. The first-order valence-electron chi connectivity index (χ1n) is 7.65. The maximum absolute atomic E-state index is 12.9. The van der Waals surface area contributed by atoms with Crippen LogP contribution in [0, 0.1) is 5.82 Å². The number of halogens is 3. The van der Waals surface area contributed by atoms with Gasteiger partial charge in [0.15, 0.2) is 6.73 Å². The van der Waals surface area contributed by atoms with E-state index in [1.807, 2.05) is 0 Å². The van der Waals surface area contributed by atoms with E-state index >= 15 is 0 Å². The van der Waals surface area contributed by atoms with Crippen LogP contribution in [-0.2, 0) is 13.3 Å². The van der Waals surface area contributed by atoms with Crippen molar-refractivity contribution in [1.82, 2.24) is 15.1 Å². The van der Waals surface area contributed by atoms with Crippen molar-refractivity contribution in [3.8, 4) is 5.75 Å². The third-order valence-corrected chi connectivity index (χ3v) is 4.02. The van der Waals surface area contributed by atoms with Crippen LogP contribution in [0.25, 0.3) is 0 Å². The Balaban J connectivity index is 1.55. The number of carbonyl (C=O) groups excluding carboxylic acids is 1. The van der Waals surface area contributed by atoms with Gasteiger partial charge in [0.25, 0.3) is 5.91 Å². The van der Waals surface area contributed by atoms with Gasteiger partial charge in [-0.05, 0) is 42.0 Å². The topological polar surface area (TPSA) is 56.2 Å². The summed E-state index contributed by atoms with van der Waals surface area (Å²) in [4.78, 5) is 12.1. The molecular formula is C18H14Cl2FN3O2. The Labute approximate surface area is 159 Å². The third kappa shape index (κ3) is 4.74. The molecule has 26 heavy (non-hydrogen) atoms. The highest BCUT2D eigenvalue weighted by atomic mass is 35.5. The highest BCUT2D eigenvalue weighted by molar-refractivity contribution is 6.35. The van der Waals surface area contributed by atoms with Crippen LogP contribution in [0.1, 0.15) is 16.1 Å². The summed E-state index contributed by atoms with van der Waals surface area (Å²) in [6, 6.07) is 12.4. The fourth-order valence-electron chi connectivity index (χ4n) is 2.16. The average molecular weight is 394 g/mol. The third-order valence-electron chi connectivity index (χ3n) is 3.49. The Morgan fingerprint density at radius 1 is 1.15 bits per heavy atom.